The van der Waals surface area contributed by atoms with Crippen molar-refractivity contribution >= 4 is 49.8 Å². The van der Waals surface area contributed by atoms with Crippen LogP contribution in [0.2, 0.25) is 0 Å². The maximum atomic E-state index is 13.3. The molecule has 1 aliphatic rings. The lowest BCUT2D eigenvalue weighted by molar-refractivity contribution is -0.132. The number of amides is 1. The van der Waals surface area contributed by atoms with Gasteiger partial charge in [0.05, 0.1) is 11.6 Å². The molecule has 1 atom stereocenters. The van der Waals surface area contributed by atoms with E-state index in [9.17, 15) is 19.1 Å². The molecule has 5 nitrogen and oxygen atoms in total. The number of hydrogen-bond acceptors (Lipinski definition) is 5. The Morgan fingerprint density at radius 3 is 2.57 bits per heavy atom. The van der Waals surface area contributed by atoms with Crippen molar-refractivity contribution < 1.29 is 19.1 Å². The first-order valence-corrected chi connectivity index (χ1v) is 9.86. The molecule has 1 aromatic heterocycles. The average Bonchev–Trinajstić information content (AvgIpc) is 3.29. The lowest BCUT2D eigenvalue weighted by atomic mass is 9.95. The molecule has 1 saturated heterocycles. The first kappa shape index (κ1) is 18.5. The van der Waals surface area contributed by atoms with Gasteiger partial charge in [-0.2, -0.15) is 0 Å². The number of thiazole rings is 1. The first-order chi connectivity index (χ1) is 13.5. The van der Waals surface area contributed by atoms with E-state index in [0.717, 1.165) is 4.47 Å². The molecule has 1 amide bonds. The summed E-state index contributed by atoms with van der Waals surface area (Å²) in [5.74, 6) is -2.42. The monoisotopic (exact) mass is 458 g/mol. The van der Waals surface area contributed by atoms with E-state index in [0.29, 0.717) is 10.7 Å². The molecule has 0 aliphatic carbocycles. The molecule has 1 fully saturated rings. The van der Waals surface area contributed by atoms with Crippen LogP contribution < -0.4 is 4.90 Å². The van der Waals surface area contributed by atoms with Crippen molar-refractivity contribution in [3.8, 4) is 0 Å². The first-order valence-electron chi connectivity index (χ1n) is 8.19. The number of carbonyl (C=O) groups excluding carboxylic acids is 2. The molecular formula is C20H12BrFN2O3S. The third-order valence-electron chi connectivity index (χ3n) is 4.35. The fraction of sp³-hybridized carbons (Fsp3) is 0.0500. The van der Waals surface area contributed by atoms with Crippen molar-refractivity contribution in [3.05, 3.63) is 87.1 Å². The molecule has 0 spiro atoms. The molecule has 0 radical (unpaired) electrons. The highest BCUT2D eigenvalue weighted by Gasteiger charge is 2.47. The van der Waals surface area contributed by atoms with Crippen LogP contribution in [0, 0.1) is 5.82 Å². The van der Waals surface area contributed by atoms with Crippen molar-refractivity contribution in [2.24, 2.45) is 0 Å². The summed E-state index contributed by atoms with van der Waals surface area (Å²) < 4.78 is 14.0. The fourth-order valence-corrected chi connectivity index (χ4v) is 4.20. The number of benzene rings is 2. The van der Waals surface area contributed by atoms with E-state index in [1.165, 1.54) is 46.7 Å². The maximum Gasteiger partial charge on any atom is 0.301 e. The van der Waals surface area contributed by atoms with Crippen molar-refractivity contribution in [1.82, 2.24) is 4.98 Å². The van der Waals surface area contributed by atoms with Crippen molar-refractivity contribution in [1.29, 1.82) is 0 Å². The summed E-state index contributed by atoms with van der Waals surface area (Å²) in [6, 6.07) is 11.4. The molecule has 1 N–H and O–H groups in total. The van der Waals surface area contributed by atoms with Gasteiger partial charge in [0.2, 0.25) is 0 Å². The number of hydrogen-bond donors (Lipinski definition) is 1. The Labute approximate surface area is 171 Å². The summed E-state index contributed by atoms with van der Waals surface area (Å²) in [6.45, 7) is 0. The van der Waals surface area contributed by atoms with Crippen molar-refractivity contribution in [2.45, 2.75) is 6.04 Å². The number of anilines is 1. The van der Waals surface area contributed by atoms with Gasteiger partial charge >= 0.3 is 5.91 Å². The van der Waals surface area contributed by atoms with E-state index in [4.69, 9.17) is 0 Å². The van der Waals surface area contributed by atoms with Gasteiger partial charge in [-0.25, -0.2) is 9.37 Å². The number of aromatic nitrogens is 1. The van der Waals surface area contributed by atoms with Gasteiger partial charge in [-0.05, 0) is 42.0 Å². The van der Waals surface area contributed by atoms with E-state index in [2.05, 4.69) is 20.9 Å². The number of rotatable bonds is 3. The number of ketones is 1. The number of Topliss-reactive ketones (excluding diaryl/α,β-unsaturated/α-hetero) is 1. The quantitative estimate of drug-likeness (QED) is 0.351. The number of aliphatic hydroxyl groups is 1. The van der Waals surface area contributed by atoms with Crippen LogP contribution in [-0.4, -0.2) is 21.8 Å². The smallest absolute Gasteiger partial charge is 0.301 e. The standard InChI is InChI=1S/C20H12BrFN2O3S/c21-13-3-1-2-12(10-13)16-15(17(25)11-4-6-14(22)7-5-11)18(26)19(27)24(16)20-23-8-9-28-20/h1-10,16,25H/t16-/m0/s1. The normalized spacial score (nSPS) is 18.6. The Bertz CT molecular complexity index is 1100. The molecule has 2 aromatic carbocycles. The van der Waals surface area contributed by atoms with E-state index in [-0.39, 0.29) is 16.9 Å². The van der Waals surface area contributed by atoms with Gasteiger partial charge in [0.25, 0.3) is 5.78 Å². The molecule has 1 aliphatic heterocycles. The largest absolute Gasteiger partial charge is 0.507 e. The molecule has 28 heavy (non-hydrogen) atoms. The van der Waals surface area contributed by atoms with Gasteiger partial charge in [0.15, 0.2) is 5.13 Å². The summed E-state index contributed by atoms with van der Waals surface area (Å²) in [4.78, 5) is 31.1. The second-order valence-corrected chi connectivity index (χ2v) is 7.83. The third-order valence-corrected chi connectivity index (χ3v) is 5.62. The lowest BCUT2D eigenvalue weighted by Gasteiger charge is -2.23. The molecule has 140 valence electrons. The second-order valence-electron chi connectivity index (χ2n) is 6.05. The van der Waals surface area contributed by atoms with Crippen LogP contribution in [0.4, 0.5) is 9.52 Å². The summed E-state index contributed by atoms with van der Waals surface area (Å²) in [5.41, 5.74) is 0.816. The number of carbonyl (C=O) groups is 2. The molecule has 0 bridgehead atoms. The van der Waals surface area contributed by atoms with Crippen molar-refractivity contribution in [2.75, 3.05) is 4.90 Å². The van der Waals surface area contributed by atoms with Crippen LogP contribution in [0.15, 0.2) is 70.2 Å². The SMILES string of the molecule is O=C1C(=O)N(c2nccs2)[C@@H](c2cccc(Br)c2)C1=C(O)c1ccc(F)cc1. The molecule has 2 heterocycles. The fourth-order valence-electron chi connectivity index (χ4n) is 3.12. The number of aliphatic hydroxyl groups excluding tert-OH is 1. The summed E-state index contributed by atoms with van der Waals surface area (Å²) in [6.07, 6.45) is 1.54. The topological polar surface area (TPSA) is 70.5 Å². The zero-order valence-corrected chi connectivity index (χ0v) is 16.6. The molecule has 0 unspecified atom stereocenters. The Kier molecular flexibility index (Phi) is 4.82. The zero-order valence-electron chi connectivity index (χ0n) is 14.2. The Balaban J connectivity index is 1.95. The van der Waals surface area contributed by atoms with E-state index < -0.39 is 23.5 Å². The average molecular weight is 459 g/mol. The highest BCUT2D eigenvalue weighted by molar-refractivity contribution is 9.10. The van der Waals surface area contributed by atoms with E-state index >= 15 is 0 Å². The third kappa shape index (κ3) is 3.14. The van der Waals surface area contributed by atoms with Crippen molar-refractivity contribution in [3.63, 3.8) is 0 Å². The molecule has 4 rings (SSSR count). The minimum Gasteiger partial charge on any atom is -0.507 e. The predicted octanol–water partition coefficient (Wildman–Crippen LogP) is 4.67. The van der Waals surface area contributed by atoms with Gasteiger partial charge in [-0.15, -0.1) is 11.3 Å². The Morgan fingerprint density at radius 1 is 1.18 bits per heavy atom. The Morgan fingerprint density at radius 2 is 1.93 bits per heavy atom. The van der Waals surface area contributed by atoms with E-state index in [1.807, 2.05) is 6.07 Å². The highest BCUT2D eigenvalue weighted by Crippen LogP contribution is 2.43. The van der Waals surface area contributed by atoms with Crippen LogP contribution in [0.3, 0.4) is 0 Å². The predicted molar refractivity (Wildman–Crippen MR) is 107 cm³/mol. The van der Waals surface area contributed by atoms with Gasteiger partial charge < -0.3 is 5.11 Å². The van der Waals surface area contributed by atoms with Crippen LogP contribution >= 0.6 is 27.3 Å². The van der Waals surface area contributed by atoms with Crippen LogP contribution in [0.1, 0.15) is 17.2 Å². The van der Waals surface area contributed by atoms with Crippen LogP contribution in [0.5, 0.6) is 0 Å². The van der Waals surface area contributed by atoms with Gasteiger partial charge in [-0.3, -0.25) is 14.5 Å². The second kappa shape index (κ2) is 7.29. The number of halogens is 2. The van der Waals surface area contributed by atoms with Crippen LogP contribution in [0.25, 0.3) is 5.76 Å². The van der Waals surface area contributed by atoms with Crippen LogP contribution in [-0.2, 0) is 9.59 Å². The minimum absolute atomic E-state index is 0.0649. The van der Waals surface area contributed by atoms with E-state index in [1.54, 1.807) is 23.6 Å². The summed E-state index contributed by atoms with van der Waals surface area (Å²) in [5, 5.41) is 12.9. The summed E-state index contributed by atoms with van der Waals surface area (Å²) in [7, 11) is 0. The zero-order chi connectivity index (χ0) is 19.8. The molecule has 0 saturated carbocycles. The van der Waals surface area contributed by atoms with Gasteiger partial charge in [0, 0.05) is 21.6 Å². The van der Waals surface area contributed by atoms with Gasteiger partial charge in [-0.1, -0.05) is 28.1 Å². The lowest BCUT2D eigenvalue weighted by Crippen LogP contribution is -2.29. The Hall–Kier alpha value is -2.84. The number of nitrogens with zero attached hydrogens (tertiary/aromatic N) is 2. The summed E-state index contributed by atoms with van der Waals surface area (Å²) >= 11 is 4.61. The highest BCUT2D eigenvalue weighted by atomic mass is 79.9. The molecular weight excluding hydrogens is 447 g/mol. The molecule has 3 aromatic rings. The minimum atomic E-state index is -0.853. The van der Waals surface area contributed by atoms with Gasteiger partial charge in [0.1, 0.15) is 11.6 Å². The maximum absolute atomic E-state index is 13.3. The molecule has 8 heteroatoms.